The van der Waals surface area contributed by atoms with E-state index in [1.807, 2.05) is 6.07 Å². The molecule has 11 heteroatoms. The van der Waals surface area contributed by atoms with Gasteiger partial charge in [0.15, 0.2) is 6.10 Å². The Morgan fingerprint density at radius 2 is 1.38 bits per heavy atom. The number of sulfonamides is 2. The molecule has 0 saturated heterocycles. The minimum atomic E-state index is -3.84. The van der Waals surface area contributed by atoms with Crippen molar-refractivity contribution in [3.63, 3.8) is 0 Å². The van der Waals surface area contributed by atoms with Gasteiger partial charge in [-0.1, -0.05) is 60.7 Å². The highest BCUT2D eigenvalue weighted by atomic mass is 32.2. The summed E-state index contributed by atoms with van der Waals surface area (Å²) in [5, 5.41) is 2.69. The topological polar surface area (TPSA) is 122 Å². The molecular formula is C28H25N3O6S2. The number of fused-ring (bicyclic) bond motifs is 1. The SMILES string of the molecule is O=C(Nc1ccc(S(=O)(=O)Nc2ccccc2)cc1)[C@H]1CN(S(=O)(=O)Cc2ccccc2)c2ccccc2O1. The normalized spacial score (nSPS) is 15.1. The summed E-state index contributed by atoms with van der Waals surface area (Å²) < 4.78 is 61.7. The summed E-state index contributed by atoms with van der Waals surface area (Å²) in [6, 6.07) is 29.6. The molecular weight excluding hydrogens is 538 g/mol. The molecule has 1 heterocycles. The maximum absolute atomic E-state index is 13.4. The third-order valence-corrected chi connectivity index (χ3v) is 9.13. The monoisotopic (exact) mass is 563 g/mol. The van der Waals surface area contributed by atoms with Gasteiger partial charge in [0.1, 0.15) is 5.75 Å². The van der Waals surface area contributed by atoms with Crippen molar-refractivity contribution in [1.29, 1.82) is 0 Å². The smallest absolute Gasteiger partial charge is 0.267 e. The van der Waals surface area contributed by atoms with Crippen LogP contribution < -0.4 is 19.1 Å². The number of ether oxygens (including phenoxy) is 1. The van der Waals surface area contributed by atoms with Gasteiger partial charge in [-0.05, 0) is 54.1 Å². The Hall–Kier alpha value is -4.35. The van der Waals surface area contributed by atoms with Gasteiger partial charge in [0.25, 0.3) is 15.9 Å². The average molecular weight is 564 g/mol. The molecule has 1 amide bonds. The van der Waals surface area contributed by atoms with E-state index >= 15 is 0 Å². The van der Waals surface area contributed by atoms with Crippen molar-refractivity contribution in [2.75, 3.05) is 20.9 Å². The summed E-state index contributed by atoms with van der Waals surface area (Å²) in [6.45, 7) is -0.217. The van der Waals surface area contributed by atoms with Gasteiger partial charge >= 0.3 is 0 Å². The number of nitrogens with zero attached hydrogens (tertiary/aromatic N) is 1. The molecule has 0 unspecified atom stereocenters. The van der Waals surface area contributed by atoms with Crippen LogP contribution in [0, 0.1) is 0 Å². The van der Waals surface area contributed by atoms with Gasteiger partial charge < -0.3 is 10.1 Å². The summed E-state index contributed by atoms with van der Waals surface area (Å²) in [6.07, 6.45) is -1.13. The van der Waals surface area contributed by atoms with E-state index in [-0.39, 0.29) is 22.9 Å². The molecule has 39 heavy (non-hydrogen) atoms. The van der Waals surface area contributed by atoms with Gasteiger partial charge in [-0.2, -0.15) is 0 Å². The van der Waals surface area contributed by atoms with Gasteiger partial charge in [0.2, 0.25) is 10.0 Å². The second kappa shape index (κ2) is 10.8. The van der Waals surface area contributed by atoms with Crippen LogP contribution >= 0.6 is 0 Å². The van der Waals surface area contributed by atoms with Crippen LogP contribution in [0.2, 0.25) is 0 Å². The van der Waals surface area contributed by atoms with E-state index in [1.54, 1.807) is 78.9 Å². The van der Waals surface area contributed by atoms with Crippen LogP contribution in [-0.2, 0) is 30.6 Å². The summed E-state index contributed by atoms with van der Waals surface area (Å²) in [4.78, 5) is 13.2. The lowest BCUT2D eigenvalue weighted by Crippen LogP contribution is -2.49. The zero-order valence-electron chi connectivity index (χ0n) is 20.6. The molecule has 9 nitrogen and oxygen atoms in total. The van der Waals surface area contributed by atoms with E-state index in [1.165, 1.54) is 28.6 Å². The Balaban J connectivity index is 1.32. The van der Waals surface area contributed by atoms with Crippen LogP contribution in [-0.4, -0.2) is 35.4 Å². The number of para-hydroxylation sites is 3. The lowest BCUT2D eigenvalue weighted by Gasteiger charge is -2.34. The molecule has 2 N–H and O–H groups in total. The van der Waals surface area contributed by atoms with E-state index in [9.17, 15) is 21.6 Å². The standard InChI is InChI=1S/C28H25N3O6S2/c32-28(29-22-15-17-24(18-16-22)39(35,36)30-23-11-5-2-6-12-23)27-19-31(25-13-7-8-14-26(25)37-27)38(33,34)20-21-9-3-1-4-10-21/h1-18,27,30H,19-20H2,(H,29,32)/t27-/m1/s1. The predicted molar refractivity (Wildman–Crippen MR) is 150 cm³/mol. The van der Waals surface area contributed by atoms with E-state index in [2.05, 4.69) is 10.0 Å². The Labute approximate surface area is 227 Å². The van der Waals surface area contributed by atoms with E-state index in [4.69, 9.17) is 4.74 Å². The first-order valence-corrected chi connectivity index (χ1v) is 15.1. The number of rotatable bonds is 8. The Bertz CT molecular complexity index is 1680. The fourth-order valence-electron chi connectivity index (χ4n) is 4.13. The van der Waals surface area contributed by atoms with Crippen molar-refractivity contribution in [3.8, 4) is 5.75 Å². The summed E-state index contributed by atoms with van der Waals surface area (Å²) in [5.74, 6) is -0.528. The molecule has 4 aromatic rings. The van der Waals surface area contributed by atoms with Crippen molar-refractivity contribution >= 4 is 43.0 Å². The highest BCUT2D eigenvalue weighted by Gasteiger charge is 2.36. The molecule has 5 rings (SSSR count). The first kappa shape index (κ1) is 26.3. The average Bonchev–Trinajstić information content (AvgIpc) is 2.93. The molecule has 1 atom stereocenters. The van der Waals surface area contributed by atoms with Crippen LogP contribution in [0.5, 0.6) is 5.75 Å². The molecule has 4 aromatic carbocycles. The van der Waals surface area contributed by atoms with Gasteiger partial charge in [0, 0.05) is 11.4 Å². The van der Waals surface area contributed by atoms with E-state index in [0.29, 0.717) is 22.6 Å². The largest absolute Gasteiger partial charge is 0.476 e. The number of carbonyl (C=O) groups is 1. The molecule has 0 fully saturated rings. The van der Waals surface area contributed by atoms with Gasteiger partial charge in [-0.15, -0.1) is 0 Å². The minimum absolute atomic E-state index is 0.0189. The highest BCUT2D eigenvalue weighted by molar-refractivity contribution is 7.92. The zero-order chi connectivity index (χ0) is 27.5. The Kier molecular flexibility index (Phi) is 7.27. The molecule has 0 radical (unpaired) electrons. The van der Waals surface area contributed by atoms with Crippen LogP contribution in [0.1, 0.15) is 5.56 Å². The molecule has 200 valence electrons. The van der Waals surface area contributed by atoms with E-state index in [0.717, 1.165) is 0 Å². The third-order valence-electron chi connectivity index (χ3n) is 6.01. The summed E-state index contributed by atoms with van der Waals surface area (Å²) in [5.41, 5.74) is 1.74. The fourth-order valence-corrected chi connectivity index (χ4v) is 6.77. The second-order valence-corrected chi connectivity index (χ2v) is 12.4. The lowest BCUT2D eigenvalue weighted by molar-refractivity contribution is -0.122. The van der Waals surface area contributed by atoms with Gasteiger partial charge in [-0.3, -0.25) is 13.8 Å². The van der Waals surface area contributed by atoms with Crippen LogP contribution in [0.25, 0.3) is 0 Å². The molecule has 0 aromatic heterocycles. The minimum Gasteiger partial charge on any atom is -0.476 e. The zero-order valence-corrected chi connectivity index (χ0v) is 22.2. The Morgan fingerprint density at radius 3 is 2.08 bits per heavy atom. The molecule has 0 aliphatic carbocycles. The summed E-state index contributed by atoms with van der Waals surface area (Å²) >= 11 is 0. The van der Waals surface area contributed by atoms with E-state index < -0.39 is 32.1 Å². The quantitative estimate of drug-likeness (QED) is 0.331. The number of amides is 1. The lowest BCUT2D eigenvalue weighted by atomic mass is 10.2. The van der Waals surface area contributed by atoms with Crippen LogP contribution in [0.15, 0.2) is 114 Å². The second-order valence-electron chi connectivity index (χ2n) is 8.83. The van der Waals surface area contributed by atoms with Gasteiger partial charge in [0.05, 0.1) is 22.9 Å². The maximum Gasteiger partial charge on any atom is 0.267 e. The number of hydrogen-bond donors (Lipinski definition) is 2. The number of nitrogens with one attached hydrogen (secondary N) is 2. The number of hydrogen-bond acceptors (Lipinski definition) is 6. The predicted octanol–water partition coefficient (Wildman–Crippen LogP) is 4.22. The van der Waals surface area contributed by atoms with Crippen LogP contribution in [0.3, 0.4) is 0 Å². The molecule has 1 aliphatic heterocycles. The van der Waals surface area contributed by atoms with Crippen molar-refractivity contribution in [2.24, 2.45) is 0 Å². The molecule has 0 bridgehead atoms. The fraction of sp³-hybridized carbons (Fsp3) is 0.107. The third kappa shape index (κ3) is 6.05. The highest BCUT2D eigenvalue weighted by Crippen LogP contribution is 2.36. The number of carbonyl (C=O) groups excluding carboxylic acids is 1. The molecule has 0 spiro atoms. The van der Waals surface area contributed by atoms with Crippen molar-refractivity contribution in [1.82, 2.24) is 0 Å². The van der Waals surface area contributed by atoms with Gasteiger partial charge in [-0.25, -0.2) is 16.8 Å². The van der Waals surface area contributed by atoms with Crippen LogP contribution in [0.4, 0.5) is 17.1 Å². The first-order chi connectivity index (χ1) is 18.7. The summed E-state index contributed by atoms with van der Waals surface area (Å²) in [7, 11) is -7.66. The van der Waals surface area contributed by atoms with Crippen molar-refractivity contribution in [3.05, 3.63) is 115 Å². The number of anilines is 3. The van der Waals surface area contributed by atoms with Crippen molar-refractivity contribution < 1.29 is 26.4 Å². The number of benzene rings is 4. The maximum atomic E-state index is 13.4. The van der Waals surface area contributed by atoms with Crippen molar-refractivity contribution in [2.45, 2.75) is 16.8 Å². The molecule has 1 aliphatic rings. The molecule has 0 saturated carbocycles. The Morgan fingerprint density at radius 1 is 0.769 bits per heavy atom. The first-order valence-electron chi connectivity index (χ1n) is 12.0.